The summed E-state index contributed by atoms with van der Waals surface area (Å²) in [6.07, 6.45) is 0.728. The second-order valence-corrected chi connectivity index (χ2v) is 11.5. The second kappa shape index (κ2) is 13.5. The maximum absolute atomic E-state index is 13.9. The average Bonchev–Trinajstić information content (AvgIpc) is 2.95. The lowest BCUT2D eigenvalue weighted by molar-refractivity contribution is -0.139. The molecule has 39 heavy (non-hydrogen) atoms. The van der Waals surface area contributed by atoms with Gasteiger partial charge in [0, 0.05) is 17.6 Å². The van der Waals surface area contributed by atoms with Crippen molar-refractivity contribution in [3.63, 3.8) is 0 Å². The monoisotopic (exact) mass is 571 g/mol. The van der Waals surface area contributed by atoms with E-state index in [2.05, 4.69) is 5.32 Å². The number of halogens is 1. The smallest absolute Gasteiger partial charge is 0.264 e. The Morgan fingerprint density at radius 3 is 2.13 bits per heavy atom. The highest BCUT2D eigenvalue weighted by molar-refractivity contribution is 7.92. The number of nitrogens with zero attached hydrogens (tertiary/aromatic N) is 2. The summed E-state index contributed by atoms with van der Waals surface area (Å²) in [7, 11) is -2.65. The molecular formula is C29H34ClN3O5S. The van der Waals surface area contributed by atoms with Gasteiger partial charge in [-0.1, -0.05) is 48.9 Å². The molecule has 3 aromatic carbocycles. The molecule has 2 atom stereocenters. The molecule has 10 heteroatoms. The van der Waals surface area contributed by atoms with Crippen molar-refractivity contribution in [1.82, 2.24) is 10.2 Å². The lowest BCUT2D eigenvalue weighted by Crippen LogP contribution is -2.52. The first-order chi connectivity index (χ1) is 18.6. The molecule has 0 fully saturated rings. The number of carbonyl (C=O) groups is 2. The van der Waals surface area contributed by atoms with Gasteiger partial charge in [0.25, 0.3) is 10.0 Å². The fraction of sp³-hybridized carbons (Fsp3) is 0.310. The Balaban J connectivity index is 1.99. The largest absolute Gasteiger partial charge is 0.497 e. The van der Waals surface area contributed by atoms with E-state index in [1.807, 2.05) is 13.8 Å². The van der Waals surface area contributed by atoms with Gasteiger partial charge in [0.15, 0.2) is 0 Å². The second-order valence-electron chi connectivity index (χ2n) is 9.16. The third-order valence-corrected chi connectivity index (χ3v) is 8.45. The number of hydrogen-bond acceptors (Lipinski definition) is 5. The molecule has 8 nitrogen and oxygen atoms in total. The number of anilines is 1. The van der Waals surface area contributed by atoms with Gasteiger partial charge in [0.1, 0.15) is 18.3 Å². The van der Waals surface area contributed by atoms with Crippen molar-refractivity contribution in [3.05, 3.63) is 89.4 Å². The van der Waals surface area contributed by atoms with Gasteiger partial charge in [-0.15, -0.1) is 0 Å². The molecule has 2 amide bonds. The number of rotatable bonds is 12. The standard InChI is InChI=1S/C29H34ClN3O5S/c1-5-21(2)31-29(35)22(3)32(19-23-11-13-24(30)14-12-23)28(34)20-33(25-9-7-6-8-10-25)39(36,37)27-17-15-26(38-4)16-18-27/h6-18,21-22H,5,19-20H2,1-4H3,(H,31,35)/t21-,22+/m0/s1. The van der Waals surface area contributed by atoms with Crippen molar-refractivity contribution < 1.29 is 22.7 Å². The van der Waals surface area contributed by atoms with Gasteiger partial charge < -0.3 is 15.0 Å². The van der Waals surface area contributed by atoms with Gasteiger partial charge >= 0.3 is 0 Å². The molecule has 0 bridgehead atoms. The van der Waals surface area contributed by atoms with Crippen LogP contribution in [0.3, 0.4) is 0 Å². The Morgan fingerprint density at radius 1 is 0.949 bits per heavy atom. The fourth-order valence-electron chi connectivity index (χ4n) is 3.83. The highest BCUT2D eigenvalue weighted by Crippen LogP contribution is 2.26. The van der Waals surface area contributed by atoms with Gasteiger partial charge in [0.2, 0.25) is 11.8 Å². The van der Waals surface area contributed by atoms with Crippen molar-refractivity contribution in [3.8, 4) is 5.75 Å². The number of methoxy groups -OCH3 is 1. The Kier molecular flexibility index (Phi) is 10.4. The van der Waals surface area contributed by atoms with Crippen LogP contribution in [0.25, 0.3) is 0 Å². The van der Waals surface area contributed by atoms with Gasteiger partial charge in [0.05, 0.1) is 17.7 Å². The molecule has 3 rings (SSSR count). The minimum Gasteiger partial charge on any atom is -0.497 e. The van der Waals surface area contributed by atoms with E-state index < -0.39 is 28.5 Å². The summed E-state index contributed by atoms with van der Waals surface area (Å²) in [4.78, 5) is 28.3. The molecule has 0 aromatic heterocycles. The van der Waals surface area contributed by atoms with Gasteiger partial charge in [-0.3, -0.25) is 13.9 Å². The summed E-state index contributed by atoms with van der Waals surface area (Å²) in [6.45, 7) is 5.06. The van der Waals surface area contributed by atoms with Crippen molar-refractivity contribution in [2.45, 2.75) is 50.7 Å². The lowest BCUT2D eigenvalue weighted by Gasteiger charge is -2.32. The van der Waals surface area contributed by atoms with Crippen LogP contribution < -0.4 is 14.4 Å². The predicted octanol–water partition coefficient (Wildman–Crippen LogP) is 4.88. The van der Waals surface area contributed by atoms with E-state index in [0.717, 1.165) is 16.3 Å². The summed E-state index contributed by atoms with van der Waals surface area (Å²) in [5.41, 5.74) is 1.07. The third-order valence-electron chi connectivity index (χ3n) is 6.40. The normalized spacial score (nSPS) is 12.7. The SMILES string of the molecule is CC[C@H](C)NC(=O)[C@@H](C)N(Cc1ccc(Cl)cc1)C(=O)CN(c1ccccc1)S(=O)(=O)c1ccc(OC)cc1. The number of amides is 2. The molecule has 0 saturated carbocycles. The average molecular weight is 572 g/mol. The van der Waals surface area contributed by atoms with E-state index in [0.29, 0.717) is 16.5 Å². The zero-order valence-corrected chi connectivity index (χ0v) is 24.1. The van der Waals surface area contributed by atoms with E-state index in [1.54, 1.807) is 73.7 Å². The Hall–Kier alpha value is -3.56. The first-order valence-corrected chi connectivity index (χ1v) is 14.4. The molecule has 1 N–H and O–H groups in total. The Morgan fingerprint density at radius 2 is 1.56 bits per heavy atom. The highest BCUT2D eigenvalue weighted by atomic mass is 35.5. The van der Waals surface area contributed by atoms with Crippen molar-refractivity contribution in [2.24, 2.45) is 0 Å². The highest BCUT2D eigenvalue weighted by Gasteiger charge is 2.32. The fourth-order valence-corrected chi connectivity index (χ4v) is 5.37. The van der Waals surface area contributed by atoms with Crippen LogP contribution in [0.2, 0.25) is 5.02 Å². The number of benzene rings is 3. The van der Waals surface area contributed by atoms with Crippen LogP contribution in [0.1, 0.15) is 32.8 Å². The molecule has 0 radical (unpaired) electrons. The zero-order chi connectivity index (χ0) is 28.6. The van der Waals surface area contributed by atoms with E-state index in [1.165, 1.54) is 24.1 Å². The minimum atomic E-state index is -4.14. The van der Waals surface area contributed by atoms with Crippen LogP contribution in [0, 0.1) is 0 Å². The number of carbonyl (C=O) groups excluding carboxylic acids is 2. The first-order valence-electron chi connectivity index (χ1n) is 12.6. The summed E-state index contributed by atoms with van der Waals surface area (Å²) in [5, 5.41) is 3.46. The maximum Gasteiger partial charge on any atom is 0.264 e. The summed E-state index contributed by atoms with van der Waals surface area (Å²) in [5.74, 6) is -0.347. The number of hydrogen-bond donors (Lipinski definition) is 1. The van der Waals surface area contributed by atoms with Crippen LogP contribution in [0.5, 0.6) is 5.75 Å². The van der Waals surface area contributed by atoms with Crippen molar-refractivity contribution in [1.29, 1.82) is 0 Å². The molecular weight excluding hydrogens is 538 g/mol. The third kappa shape index (κ3) is 7.74. The van der Waals surface area contributed by atoms with Crippen molar-refractivity contribution >= 4 is 39.1 Å². The van der Waals surface area contributed by atoms with Crippen LogP contribution in [-0.2, 0) is 26.2 Å². The van der Waals surface area contributed by atoms with E-state index in [4.69, 9.17) is 16.3 Å². The van der Waals surface area contributed by atoms with Gasteiger partial charge in [-0.05, 0) is 74.4 Å². The maximum atomic E-state index is 13.9. The summed E-state index contributed by atoms with van der Waals surface area (Å²) in [6, 6.07) is 20.4. The Bertz CT molecular complexity index is 1350. The van der Waals surface area contributed by atoms with Crippen LogP contribution in [0.15, 0.2) is 83.8 Å². The van der Waals surface area contributed by atoms with Crippen molar-refractivity contribution in [2.75, 3.05) is 18.0 Å². The molecule has 0 aliphatic rings. The Labute approximate surface area is 235 Å². The first kappa shape index (κ1) is 30.0. The molecule has 0 heterocycles. The van der Waals surface area contributed by atoms with Gasteiger partial charge in [-0.2, -0.15) is 0 Å². The van der Waals surface area contributed by atoms with Gasteiger partial charge in [-0.25, -0.2) is 8.42 Å². The molecule has 0 aliphatic carbocycles. The number of nitrogens with one attached hydrogen (secondary N) is 1. The van der Waals surface area contributed by atoms with Crippen LogP contribution >= 0.6 is 11.6 Å². The predicted molar refractivity (Wildman–Crippen MR) is 153 cm³/mol. The lowest BCUT2D eigenvalue weighted by atomic mass is 10.1. The van der Waals surface area contributed by atoms with Crippen LogP contribution in [-0.4, -0.2) is 50.9 Å². The molecule has 0 unspecified atom stereocenters. The molecule has 0 aliphatic heterocycles. The number of sulfonamides is 1. The summed E-state index contributed by atoms with van der Waals surface area (Å²) < 4.78 is 33.8. The molecule has 0 saturated heterocycles. The quantitative estimate of drug-likeness (QED) is 0.334. The zero-order valence-electron chi connectivity index (χ0n) is 22.5. The van der Waals surface area contributed by atoms with E-state index in [9.17, 15) is 18.0 Å². The topological polar surface area (TPSA) is 96.0 Å². The van der Waals surface area contributed by atoms with E-state index >= 15 is 0 Å². The molecule has 0 spiro atoms. The minimum absolute atomic E-state index is 0.00627. The summed E-state index contributed by atoms with van der Waals surface area (Å²) >= 11 is 6.04. The number of para-hydroxylation sites is 1. The van der Waals surface area contributed by atoms with E-state index in [-0.39, 0.29) is 23.4 Å². The van der Waals surface area contributed by atoms with Crippen LogP contribution in [0.4, 0.5) is 5.69 Å². The molecule has 3 aromatic rings. The molecule has 208 valence electrons. The number of ether oxygens (including phenoxy) is 1.